The van der Waals surface area contributed by atoms with E-state index in [2.05, 4.69) is 0 Å². The number of carboxylic acid groups (broad SMARTS) is 1. The van der Waals surface area contributed by atoms with Crippen LogP contribution >= 0.6 is 0 Å². The molecule has 3 aromatic carbocycles. The number of fused-ring (bicyclic) bond motifs is 2. The first kappa shape index (κ1) is 20.6. The smallest absolute Gasteiger partial charge is 0.335 e. The zero-order chi connectivity index (χ0) is 22.1. The van der Waals surface area contributed by atoms with Crippen LogP contribution in [0, 0.1) is 0 Å². The topological polar surface area (TPSA) is 76.1 Å². The maximum absolute atomic E-state index is 13.9. The fraction of sp³-hybridized carbons (Fsp3) is 0.231. The highest BCUT2D eigenvalue weighted by molar-refractivity contribution is 6.01. The van der Waals surface area contributed by atoms with Crippen molar-refractivity contribution in [1.29, 1.82) is 0 Å². The van der Waals surface area contributed by atoms with Gasteiger partial charge in [-0.3, -0.25) is 9.69 Å². The van der Waals surface area contributed by atoms with Crippen LogP contribution < -0.4 is 0 Å². The number of ether oxygens (including phenoxy) is 2. The van der Waals surface area contributed by atoms with Crippen LogP contribution in [0.25, 0.3) is 0 Å². The molecule has 0 radical (unpaired) electrons. The molecule has 4 atom stereocenters. The van der Waals surface area contributed by atoms with Crippen LogP contribution in [0.1, 0.15) is 21.5 Å². The van der Waals surface area contributed by atoms with E-state index in [1.807, 2.05) is 83.8 Å². The maximum Gasteiger partial charge on any atom is 0.335 e. The summed E-state index contributed by atoms with van der Waals surface area (Å²) in [6.45, 7) is 0.734. The molecule has 2 heterocycles. The molecule has 0 aromatic heterocycles. The highest BCUT2D eigenvalue weighted by Crippen LogP contribution is 2.47. The molecule has 2 aliphatic rings. The molecule has 5 rings (SSSR count). The van der Waals surface area contributed by atoms with E-state index in [0.717, 1.165) is 5.56 Å². The number of aliphatic carboxylic acids is 1. The SMILES string of the molecule is O=C(O)C1OC2(c3ccccc3)OC1CN(Cc1ccccc1)C2C(=O)c1ccccc1. The molecule has 2 bridgehead atoms. The van der Waals surface area contributed by atoms with Crippen molar-refractivity contribution in [3.63, 3.8) is 0 Å². The van der Waals surface area contributed by atoms with Gasteiger partial charge in [0.05, 0.1) is 0 Å². The van der Waals surface area contributed by atoms with Crippen molar-refractivity contribution in [2.75, 3.05) is 6.54 Å². The fourth-order valence-electron chi connectivity index (χ4n) is 4.66. The normalized spacial score (nSPS) is 27.2. The number of carbonyl (C=O) groups is 2. The monoisotopic (exact) mass is 429 g/mol. The Bertz CT molecular complexity index is 1100. The zero-order valence-electron chi connectivity index (χ0n) is 17.3. The Morgan fingerprint density at radius 1 is 0.875 bits per heavy atom. The van der Waals surface area contributed by atoms with E-state index in [1.54, 1.807) is 12.1 Å². The Kier molecular flexibility index (Phi) is 5.35. The highest BCUT2D eigenvalue weighted by Gasteiger charge is 2.63. The van der Waals surface area contributed by atoms with Gasteiger partial charge in [-0.2, -0.15) is 0 Å². The van der Waals surface area contributed by atoms with Crippen LogP contribution in [-0.2, 0) is 26.6 Å². The standard InChI is InChI=1S/C26H23NO5/c28-22(19-12-6-2-7-13-19)24-26(20-14-8-3-9-15-20)31-21(23(32-26)25(29)30)17-27(24)16-18-10-4-1-5-11-18/h1-15,21,23-24H,16-17H2,(H,29,30). The molecule has 6 heteroatoms. The van der Waals surface area contributed by atoms with Gasteiger partial charge >= 0.3 is 5.97 Å². The molecule has 3 aromatic rings. The Morgan fingerprint density at radius 3 is 2.09 bits per heavy atom. The molecule has 0 saturated carbocycles. The molecule has 0 aliphatic carbocycles. The third kappa shape index (κ3) is 3.52. The molecule has 6 nitrogen and oxygen atoms in total. The van der Waals surface area contributed by atoms with Gasteiger partial charge in [-0.25, -0.2) is 4.79 Å². The molecule has 2 aliphatic heterocycles. The summed E-state index contributed by atoms with van der Waals surface area (Å²) in [5.74, 6) is -2.79. The first-order valence-corrected chi connectivity index (χ1v) is 10.6. The molecule has 2 fully saturated rings. The van der Waals surface area contributed by atoms with Crippen LogP contribution in [0.3, 0.4) is 0 Å². The summed E-state index contributed by atoms with van der Waals surface area (Å²) < 4.78 is 12.5. The molecule has 162 valence electrons. The summed E-state index contributed by atoms with van der Waals surface area (Å²) in [5, 5.41) is 9.83. The third-order valence-electron chi connectivity index (χ3n) is 6.06. The van der Waals surface area contributed by atoms with Crippen LogP contribution in [0.4, 0.5) is 0 Å². The number of carboxylic acids is 1. The number of hydrogen-bond donors (Lipinski definition) is 1. The van der Waals surface area contributed by atoms with Crippen LogP contribution in [0.15, 0.2) is 91.0 Å². The predicted octanol–water partition coefficient (Wildman–Crippen LogP) is 3.48. The van der Waals surface area contributed by atoms with E-state index in [4.69, 9.17) is 9.47 Å². The predicted molar refractivity (Wildman–Crippen MR) is 117 cm³/mol. The maximum atomic E-state index is 13.9. The summed E-state index contributed by atoms with van der Waals surface area (Å²) in [6.07, 6.45) is -1.86. The first-order chi connectivity index (χ1) is 15.6. The second-order valence-corrected chi connectivity index (χ2v) is 8.11. The van der Waals surface area contributed by atoms with Gasteiger partial charge in [-0.1, -0.05) is 91.0 Å². The number of morpholine rings is 1. The van der Waals surface area contributed by atoms with Gasteiger partial charge in [0.15, 0.2) is 11.9 Å². The molecule has 0 amide bonds. The number of nitrogens with zero attached hydrogens (tertiary/aromatic N) is 1. The van der Waals surface area contributed by atoms with Gasteiger partial charge in [-0.15, -0.1) is 0 Å². The van der Waals surface area contributed by atoms with Crippen molar-refractivity contribution in [3.05, 3.63) is 108 Å². The Morgan fingerprint density at radius 2 is 1.47 bits per heavy atom. The fourth-order valence-corrected chi connectivity index (χ4v) is 4.66. The highest BCUT2D eigenvalue weighted by atomic mass is 16.8. The van der Waals surface area contributed by atoms with Gasteiger partial charge in [0, 0.05) is 24.2 Å². The van der Waals surface area contributed by atoms with E-state index >= 15 is 0 Å². The molecule has 0 spiro atoms. The minimum Gasteiger partial charge on any atom is -0.479 e. The lowest BCUT2D eigenvalue weighted by atomic mass is 9.88. The van der Waals surface area contributed by atoms with Gasteiger partial charge in [-0.05, 0) is 5.56 Å². The number of hydrogen-bond acceptors (Lipinski definition) is 5. The minimum atomic E-state index is -1.52. The summed E-state index contributed by atoms with van der Waals surface area (Å²) in [5.41, 5.74) is 2.17. The van der Waals surface area contributed by atoms with Gasteiger partial charge in [0.1, 0.15) is 12.1 Å². The Balaban J connectivity index is 1.65. The number of rotatable bonds is 6. The van der Waals surface area contributed by atoms with Crippen molar-refractivity contribution in [3.8, 4) is 0 Å². The summed E-state index contributed by atoms with van der Waals surface area (Å²) in [4.78, 5) is 27.9. The van der Waals surface area contributed by atoms with Gasteiger partial charge < -0.3 is 14.6 Å². The minimum absolute atomic E-state index is 0.171. The molecular weight excluding hydrogens is 406 g/mol. The lowest BCUT2D eigenvalue weighted by Crippen LogP contribution is -2.60. The second kappa shape index (κ2) is 8.31. The lowest BCUT2D eigenvalue weighted by molar-refractivity contribution is -0.238. The van der Waals surface area contributed by atoms with Crippen molar-refractivity contribution in [2.24, 2.45) is 0 Å². The van der Waals surface area contributed by atoms with E-state index < -0.39 is 30.0 Å². The molecule has 32 heavy (non-hydrogen) atoms. The number of benzene rings is 3. The van der Waals surface area contributed by atoms with Crippen LogP contribution in [-0.4, -0.2) is 46.6 Å². The lowest BCUT2D eigenvalue weighted by Gasteiger charge is -2.45. The van der Waals surface area contributed by atoms with Gasteiger partial charge in [0.25, 0.3) is 0 Å². The Labute approximate surface area is 186 Å². The number of carbonyl (C=O) groups excluding carboxylic acids is 1. The molecule has 2 saturated heterocycles. The van der Waals surface area contributed by atoms with Crippen molar-refractivity contribution in [2.45, 2.75) is 30.6 Å². The average Bonchev–Trinajstić information content (AvgIpc) is 3.15. The number of Topliss-reactive ketones (excluding diaryl/α,β-unsaturated/α-hetero) is 1. The third-order valence-corrected chi connectivity index (χ3v) is 6.06. The van der Waals surface area contributed by atoms with Crippen molar-refractivity contribution < 1.29 is 24.2 Å². The van der Waals surface area contributed by atoms with E-state index in [0.29, 0.717) is 17.7 Å². The molecule has 1 N–H and O–H groups in total. The summed E-state index contributed by atoms with van der Waals surface area (Å²) >= 11 is 0. The van der Waals surface area contributed by atoms with Crippen molar-refractivity contribution in [1.82, 2.24) is 4.90 Å². The summed E-state index contributed by atoms with van der Waals surface area (Å²) in [7, 11) is 0. The molecular formula is C26H23NO5. The second-order valence-electron chi connectivity index (χ2n) is 8.11. The van der Waals surface area contributed by atoms with E-state index in [-0.39, 0.29) is 12.3 Å². The van der Waals surface area contributed by atoms with Crippen LogP contribution in [0.2, 0.25) is 0 Å². The Hall–Kier alpha value is -3.32. The quantitative estimate of drug-likeness (QED) is 0.605. The zero-order valence-corrected chi connectivity index (χ0v) is 17.3. The molecule has 4 unspecified atom stereocenters. The van der Waals surface area contributed by atoms with Gasteiger partial charge in [0.2, 0.25) is 5.79 Å². The van der Waals surface area contributed by atoms with Crippen molar-refractivity contribution >= 4 is 11.8 Å². The van der Waals surface area contributed by atoms with E-state index in [1.165, 1.54) is 0 Å². The number of ketones is 1. The largest absolute Gasteiger partial charge is 0.479 e. The van der Waals surface area contributed by atoms with Crippen LogP contribution in [0.5, 0.6) is 0 Å². The summed E-state index contributed by atoms with van der Waals surface area (Å²) in [6, 6.07) is 27.1. The van der Waals surface area contributed by atoms with E-state index in [9.17, 15) is 14.7 Å². The average molecular weight is 429 g/mol. The first-order valence-electron chi connectivity index (χ1n) is 10.6.